The van der Waals surface area contributed by atoms with Gasteiger partial charge >= 0.3 is 12.1 Å². The highest BCUT2D eigenvalue weighted by molar-refractivity contribution is 7.15. The molecule has 3 aromatic rings. The van der Waals surface area contributed by atoms with Crippen LogP contribution in [-0.2, 0) is 33.5 Å². The Kier molecular flexibility index (Phi) is 9.92. The normalized spacial score (nSPS) is 12.1. The molecule has 0 N–H and O–H groups in total. The van der Waals surface area contributed by atoms with Crippen molar-refractivity contribution in [3.63, 3.8) is 0 Å². The summed E-state index contributed by atoms with van der Waals surface area (Å²) in [5.74, 6) is 0.139. The van der Waals surface area contributed by atoms with E-state index >= 15 is 0 Å². The lowest BCUT2D eigenvalue weighted by molar-refractivity contribution is -0.158. The molecule has 0 spiro atoms. The summed E-state index contributed by atoms with van der Waals surface area (Å²) in [6, 6.07) is 12.6. The Morgan fingerprint density at radius 1 is 1.03 bits per heavy atom. The number of methoxy groups -OCH3 is 1. The van der Waals surface area contributed by atoms with Gasteiger partial charge in [0.25, 0.3) is 0 Å². The van der Waals surface area contributed by atoms with Crippen molar-refractivity contribution in [3.05, 3.63) is 70.2 Å². The predicted molar refractivity (Wildman–Crippen MR) is 141 cm³/mol. The number of rotatable bonds is 12. The maximum Gasteiger partial charge on any atom is 0.416 e. The number of carbonyl (C=O) groups is 1. The fourth-order valence-electron chi connectivity index (χ4n) is 3.70. The number of benzene rings is 2. The van der Waals surface area contributed by atoms with Gasteiger partial charge in [-0.2, -0.15) is 13.2 Å². The van der Waals surface area contributed by atoms with Gasteiger partial charge in [0, 0.05) is 37.2 Å². The highest BCUT2D eigenvalue weighted by Gasteiger charge is 2.32. The molecule has 6 nitrogen and oxygen atoms in total. The molecule has 0 aliphatic carbocycles. The van der Waals surface area contributed by atoms with Gasteiger partial charge in [0.05, 0.1) is 24.5 Å². The van der Waals surface area contributed by atoms with E-state index in [4.69, 9.17) is 14.2 Å². The van der Waals surface area contributed by atoms with Crippen LogP contribution in [0.2, 0.25) is 0 Å². The lowest BCUT2D eigenvalue weighted by atomic mass is 10.1. The number of esters is 1. The molecule has 1 aromatic heterocycles. The Hall–Kier alpha value is -2.95. The molecule has 0 aliphatic rings. The molecule has 0 atom stereocenters. The van der Waals surface area contributed by atoms with E-state index in [0.717, 1.165) is 28.3 Å². The first kappa shape index (κ1) is 29.6. The molecule has 38 heavy (non-hydrogen) atoms. The summed E-state index contributed by atoms with van der Waals surface area (Å²) in [4.78, 5) is 20.0. The van der Waals surface area contributed by atoms with Crippen molar-refractivity contribution in [1.29, 1.82) is 0 Å². The van der Waals surface area contributed by atoms with E-state index in [1.54, 1.807) is 27.9 Å². The van der Waals surface area contributed by atoms with Gasteiger partial charge in [0.1, 0.15) is 10.8 Å². The fourth-order valence-corrected chi connectivity index (χ4v) is 4.81. The molecule has 0 bridgehead atoms. The van der Waals surface area contributed by atoms with Crippen molar-refractivity contribution in [2.45, 2.75) is 52.6 Å². The minimum absolute atomic E-state index is 0.285. The summed E-state index contributed by atoms with van der Waals surface area (Å²) in [6.07, 6.45) is -4.37. The Morgan fingerprint density at radius 3 is 2.26 bits per heavy atom. The minimum Gasteiger partial charge on any atom is -0.476 e. The molecule has 206 valence electrons. The topological polar surface area (TPSA) is 60.9 Å². The third kappa shape index (κ3) is 8.02. The van der Waals surface area contributed by atoms with Crippen LogP contribution in [0.15, 0.2) is 48.5 Å². The molecule has 0 unspecified atom stereocenters. The van der Waals surface area contributed by atoms with Gasteiger partial charge in [-0.05, 0) is 57.5 Å². The van der Waals surface area contributed by atoms with E-state index in [2.05, 4.69) is 9.88 Å². The molecular weight excluding hydrogens is 517 g/mol. The predicted octanol–water partition coefficient (Wildman–Crippen LogP) is 6.51. The highest BCUT2D eigenvalue weighted by Crippen LogP contribution is 2.33. The van der Waals surface area contributed by atoms with Gasteiger partial charge in [-0.25, -0.2) is 9.78 Å². The first-order valence-corrected chi connectivity index (χ1v) is 13.0. The van der Waals surface area contributed by atoms with Crippen LogP contribution in [0.25, 0.3) is 10.6 Å². The summed E-state index contributed by atoms with van der Waals surface area (Å²) in [6.45, 7) is 9.75. The molecule has 10 heteroatoms. The van der Waals surface area contributed by atoms with Crippen LogP contribution in [0, 0.1) is 6.92 Å². The second-order valence-corrected chi connectivity index (χ2v) is 10.4. The Morgan fingerprint density at radius 2 is 1.68 bits per heavy atom. The number of alkyl halides is 3. The molecule has 3 rings (SSSR count). The van der Waals surface area contributed by atoms with E-state index in [0.29, 0.717) is 42.6 Å². The number of ether oxygens (including phenoxy) is 3. The van der Waals surface area contributed by atoms with Crippen LogP contribution < -0.4 is 4.74 Å². The van der Waals surface area contributed by atoms with Crippen molar-refractivity contribution >= 4 is 17.3 Å². The number of hydrogen-bond acceptors (Lipinski definition) is 7. The zero-order chi connectivity index (χ0) is 27.9. The summed E-state index contributed by atoms with van der Waals surface area (Å²) in [5.41, 5.74) is 0.768. The highest BCUT2D eigenvalue weighted by atomic mass is 32.1. The van der Waals surface area contributed by atoms with Crippen molar-refractivity contribution in [1.82, 2.24) is 9.88 Å². The average Bonchev–Trinajstić information content (AvgIpc) is 3.23. The number of halogens is 3. The van der Waals surface area contributed by atoms with Crippen molar-refractivity contribution < 1.29 is 32.2 Å². The van der Waals surface area contributed by atoms with E-state index in [-0.39, 0.29) is 6.61 Å². The standard InChI is InChI=1S/C28H33F3N2O4S/c1-6-36-26(34)27(3,4)37-23-13-7-20(8-14-23)17-33(15-16-35-5)18-24-19(2)32-25(38-24)21-9-11-22(12-10-21)28(29,30)31/h7-14H,6,15-18H2,1-5H3. The number of carbonyl (C=O) groups excluding carboxylic acids is 1. The summed E-state index contributed by atoms with van der Waals surface area (Å²) in [7, 11) is 1.65. The average molecular weight is 551 g/mol. The zero-order valence-electron chi connectivity index (χ0n) is 22.2. The monoisotopic (exact) mass is 550 g/mol. The maximum atomic E-state index is 12.9. The summed E-state index contributed by atoms with van der Waals surface area (Å²) in [5, 5.41) is 0.684. The first-order valence-electron chi connectivity index (χ1n) is 12.2. The molecule has 0 saturated carbocycles. The molecule has 2 aromatic carbocycles. The van der Waals surface area contributed by atoms with Crippen LogP contribution in [0.3, 0.4) is 0 Å². The van der Waals surface area contributed by atoms with Crippen molar-refractivity contribution in [2.75, 3.05) is 26.9 Å². The SMILES string of the molecule is CCOC(=O)C(C)(C)Oc1ccc(CN(CCOC)Cc2sc(-c3ccc(C(F)(F)F)cc3)nc2C)cc1. The second kappa shape index (κ2) is 12.7. The van der Waals surface area contributed by atoms with Crippen molar-refractivity contribution in [3.8, 4) is 16.3 Å². The molecule has 0 radical (unpaired) electrons. The van der Waals surface area contributed by atoms with Crippen LogP contribution in [-0.4, -0.2) is 48.3 Å². The largest absolute Gasteiger partial charge is 0.476 e. The van der Waals surface area contributed by atoms with Gasteiger partial charge in [-0.3, -0.25) is 4.90 Å². The van der Waals surface area contributed by atoms with Crippen molar-refractivity contribution in [2.24, 2.45) is 0 Å². The Labute approximate surface area is 225 Å². The Bertz CT molecular complexity index is 1190. The third-order valence-corrected chi connectivity index (χ3v) is 6.99. The molecule has 1 heterocycles. The number of hydrogen-bond donors (Lipinski definition) is 0. The van der Waals surface area contributed by atoms with E-state index in [9.17, 15) is 18.0 Å². The summed E-state index contributed by atoms with van der Waals surface area (Å²) >= 11 is 1.48. The zero-order valence-corrected chi connectivity index (χ0v) is 23.0. The van der Waals surface area contributed by atoms with Crippen LogP contribution in [0.1, 0.15) is 42.5 Å². The minimum atomic E-state index is -4.37. The molecule has 0 fully saturated rings. The second-order valence-electron chi connectivity index (χ2n) is 9.28. The smallest absolute Gasteiger partial charge is 0.416 e. The quantitative estimate of drug-likeness (QED) is 0.240. The van der Waals surface area contributed by atoms with Crippen LogP contribution in [0.5, 0.6) is 5.75 Å². The van der Waals surface area contributed by atoms with Gasteiger partial charge < -0.3 is 14.2 Å². The van der Waals surface area contributed by atoms with E-state index in [1.165, 1.54) is 23.5 Å². The van der Waals surface area contributed by atoms with Gasteiger partial charge in [-0.1, -0.05) is 24.3 Å². The van der Waals surface area contributed by atoms with Crippen LogP contribution in [0.4, 0.5) is 13.2 Å². The Balaban J connectivity index is 1.71. The lowest BCUT2D eigenvalue weighted by Crippen LogP contribution is -2.39. The fraction of sp³-hybridized carbons (Fsp3) is 0.429. The van der Waals surface area contributed by atoms with E-state index < -0.39 is 23.3 Å². The summed E-state index contributed by atoms with van der Waals surface area (Å²) < 4.78 is 55.0. The number of aromatic nitrogens is 1. The van der Waals surface area contributed by atoms with Gasteiger partial charge in [0.15, 0.2) is 5.60 Å². The number of nitrogens with zero attached hydrogens (tertiary/aromatic N) is 2. The first-order chi connectivity index (χ1) is 17.9. The number of thiazole rings is 1. The molecule has 0 aliphatic heterocycles. The lowest BCUT2D eigenvalue weighted by Gasteiger charge is -2.25. The van der Waals surface area contributed by atoms with E-state index in [1.807, 2.05) is 31.2 Å². The van der Waals surface area contributed by atoms with Gasteiger partial charge in [0.2, 0.25) is 0 Å². The van der Waals surface area contributed by atoms with Gasteiger partial charge in [-0.15, -0.1) is 11.3 Å². The maximum absolute atomic E-state index is 12.9. The molecule has 0 saturated heterocycles. The third-order valence-electron chi connectivity index (χ3n) is 5.80. The molecule has 0 amide bonds. The number of aryl methyl sites for hydroxylation is 1. The molecular formula is C28H33F3N2O4S. The van der Waals surface area contributed by atoms with Crippen LogP contribution >= 0.6 is 11.3 Å².